The van der Waals surface area contributed by atoms with Crippen molar-refractivity contribution in [1.82, 2.24) is 9.88 Å². The fourth-order valence-corrected chi connectivity index (χ4v) is 2.95. The molecule has 0 atom stereocenters. The lowest BCUT2D eigenvalue weighted by molar-refractivity contribution is -0.134. The number of hydrogen-bond donors (Lipinski definition) is 0. The third-order valence-electron chi connectivity index (χ3n) is 3.56. The van der Waals surface area contributed by atoms with E-state index >= 15 is 0 Å². The topological polar surface area (TPSA) is 42.4 Å². The summed E-state index contributed by atoms with van der Waals surface area (Å²) >= 11 is 1.59. The van der Waals surface area contributed by atoms with E-state index in [2.05, 4.69) is 4.98 Å². The van der Waals surface area contributed by atoms with E-state index in [0.717, 1.165) is 11.3 Å². The monoisotopic (exact) mass is 356 g/mol. The standard InChI is InChI=1S/C19H17FN2O2S/c20-16-4-6-18(7-5-16)24-13-19(23)22(11-15-8-10-25-14-15)12-17-3-1-2-9-21-17/h1-10,14H,11-13H2. The lowest BCUT2D eigenvalue weighted by Crippen LogP contribution is -2.34. The van der Waals surface area contributed by atoms with E-state index < -0.39 is 0 Å². The van der Waals surface area contributed by atoms with Crippen LogP contribution in [0.15, 0.2) is 65.5 Å². The number of carbonyl (C=O) groups is 1. The SMILES string of the molecule is O=C(COc1ccc(F)cc1)N(Cc1ccsc1)Cc1ccccn1. The van der Waals surface area contributed by atoms with Crippen LogP contribution in [0.2, 0.25) is 0 Å². The van der Waals surface area contributed by atoms with Crippen LogP contribution in [0.3, 0.4) is 0 Å². The molecule has 1 aromatic carbocycles. The minimum atomic E-state index is -0.340. The molecule has 3 aromatic rings. The van der Waals surface area contributed by atoms with Gasteiger partial charge in [-0.3, -0.25) is 9.78 Å². The Morgan fingerprint density at radius 3 is 2.64 bits per heavy atom. The van der Waals surface area contributed by atoms with E-state index in [1.165, 1.54) is 24.3 Å². The van der Waals surface area contributed by atoms with Crippen molar-refractivity contribution in [1.29, 1.82) is 0 Å². The van der Waals surface area contributed by atoms with Gasteiger partial charge in [0.1, 0.15) is 11.6 Å². The molecule has 128 valence electrons. The summed E-state index contributed by atoms with van der Waals surface area (Å²) in [5, 5.41) is 3.99. The first-order valence-corrected chi connectivity index (χ1v) is 8.72. The smallest absolute Gasteiger partial charge is 0.261 e. The van der Waals surface area contributed by atoms with Crippen molar-refractivity contribution < 1.29 is 13.9 Å². The van der Waals surface area contributed by atoms with E-state index in [-0.39, 0.29) is 18.3 Å². The Morgan fingerprint density at radius 2 is 1.96 bits per heavy atom. The average Bonchev–Trinajstić information content (AvgIpc) is 3.14. The van der Waals surface area contributed by atoms with Crippen molar-refractivity contribution >= 4 is 17.2 Å². The van der Waals surface area contributed by atoms with Gasteiger partial charge in [0.2, 0.25) is 0 Å². The Bertz CT molecular complexity index is 792. The first-order chi connectivity index (χ1) is 12.2. The summed E-state index contributed by atoms with van der Waals surface area (Å²) in [6.07, 6.45) is 1.71. The number of halogens is 1. The summed E-state index contributed by atoms with van der Waals surface area (Å²) in [6, 6.07) is 13.2. The van der Waals surface area contributed by atoms with Crippen molar-refractivity contribution in [2.24, 2.45) is 0 Å². The van der Waals surface area contributed by atoms with Crippen LogP contribution in [0.25, 0.3) is 0 Å². The molecule has 0 bridgehead atoms. The van der Waals surface area contributed by atoms with Gasteiger partial charge < -0.3 is 9.64 Å². The molecule has 0 unspecified atom stereocenters. The number of benzene rings is 1. The predicted octanol–water partition coefficient (Wildman–Crippen LogP) is 3.89. The minimum Gasteiger partial charge on any atom is -0.484 e. The Morgan fingerprint density at radius 1 is 1.12 bits per heavy atom. The number of amides is 1. The van der Waals surface area contributed by atoms with Gasteiger partial charge >= 0.3 is 0 Å². The van der Waals surface area contributed by atoms with Gasteiger partial charge in [0.05, 0.1) is 12.2 Å². The van der Waals surface area contributed by atoms with Crippen LogP contribution >= 0.6 is 11.3 Å². The molecular weight excluding hydrogens is 339 g/mol. The first kappa shape index (κ1) is 17.1. The zero-order valence-electron chi connectivity index (χ0n) is 13.5. The van der Waals surface area contributed by atoms with Gasteiger partial charge in [-0.25, -0.2) is 4.39 Å². The number of pyridine rings is 1. The zero-order valence-corrected chi connectivity index (χ0v) is 14.3. The largest absolute Gasteiger partial charge is 0.484 e. The van der Waals surface area contributed by atoms with Crippen LogP contribution in [-0.2, 0) is 17.9 Å². The molecule has 0 aliphatic heterocycles. The maximum Gasteiger partial charge on any atom is 0.261 e. The summed E-state index contributed by atoms with van der Waals surface area (Å²) < 4.78 is 18.4. The van der Waals surface area contributed by atoms with Gasteiger partial charge in [-0.2, -0.15) is 11.3 Å². The molecule has 1 amide bonds. The molecule has 6 heteroatoms. The van der Waals surface area contributed by atoms with Crippen LogP contribution in [-0.4, -0.2) is 22.4 Å². The van der Waals surface area contributed by atoms with E-state index in [0.29, 0.717) is 18.8 Å². The van der Waals surface area contributed by atoms with Crippen LogP contribution in [0.1, 0.15) is 11.3 Å². The molecule has 2 heterocycles. The van der Waals surface area contributed by atoms with E-state index in [1.54, 1.807) is 22.4 Å². The molecule has 4 nitrogen and oxygen atoms in total. The summed E-state index contributed by atoms with van der Waals surface area (Å²) in [5.74, 6) is -0.0304. The Balaban J connectivity index is 1.66. The molecular formula is C19H17FN2O2S. The molecule has 0 saturated carbocycles. The molecule has 2 aromatic heterocycles. The zero-order chi connectivity index (χ0) is 17.5. The molecule has 25 heavy (non-hydrogen) atoms. The fraction of sp³-hybridized carbons (Fsp3) is 0.158. The van der Waals surface area contributed by atoms with Crippen LogP contribution in [0.5, 0.6) is 5.75 Å². The van der Waals surface area contributed by atoms with Gasteiger partial charge in [0.25, 0.3) is 5.91 Å². The highest BCUT2D eigenvalue weighted by molar-refractivity contribution is 7.07. The Kier molecular flexibility index (Phi) is 5.74. The molecule has 0 aliphatic rings. The summed E-state index contributed by atoms with van der Waals surface area (Å²) in [4.78, 5) is 18.6. The van der Waals surface area contributed by atoms with Crippen LogP contribution in [0, 0.1) is 5.82 Å². The number of thiophene rings is 1. The highest BCUT2D eigenvalue weighted by Crippen LogP contribution is 2.14. The van der Waals surface area contributed by atoms with Crippen molar-refractivity contribution in [3.05, 3.63) is 82.6 Å². The number of aromatic nitrogens is 1. The quantitative estimate of drug-likeness (QED) is 0.645. The van der Waals surface area contributed by atoms with Crippen molar-refractivity contribution in [3.8, 4) is 5.75 Å². The number of rotatable bonds is 7. The lowest BCUT2D eigenvalue weighted by atomic mass is 10.2. The summed E-state index contributed by atoms with van der Waals surface area (Å²) in [6.45, 7) is 0.788. The van der Waals surface area contributed by atoms with Crippen molar-refractivity contribution in [2.45, 2.75) is 13.1 Å². The molecule has 0 spiro atoms. The second-order valence-corrected chi connectivity index (χ2v) is 6.23. The van der Waals surface area contributed by atoms with Gasteiger partial charge in [-0.1, -0.05) is 6.07 Å². The van der Waals surface area contributed by atoms with E-state index in [9.17, 15) is 9.18 Å². The number of nitrogens with zero attached hydrogens (tertiary/aromatic N) is 2. The third-order valence-corrected chi connectivity index (χ3v) is 4.29. The van der Waals surface area contributed by atoms with E-state index in [4.69, 9.17) is 4.74 Å². The van der Waals surface area contributed by atoms with Crippen LogP contribution < -0.4 is 4.74 Å². The second kappa shape index (κ2) is 8.39. The van der Waals surface area contributed by atoms with Crippen molar-refractivity contribution in [3.63, 3.8) is 0 Å². The number of carbonyl (C=O) groups excluding carboxylic acids is 1. The second-order valence-electron chi connectivity index (χ2n) is 5.45. The van der Waals surface area contributed by atoms with E-state index in [1.807, 2.05) is 35.0 Å². The highest BCUT2D eigenvalue weighted by Gasteiger charge is 2.16. The van der Waals surface area contributed by atoms with Gasteiger partial charge in [0, 0.05) is 12.7 Å². The molecule has 0 aliphatic carbocycles. The third kappa shape index (κ3) is 5.12. The van der Waals surface area contributed by atoms with Gasteiger partial charge in [-0.05, 0) is 58.8 Å². The highest BCUT2D eigenvalue weighted by atomic mass is 32.1. The molecule has 0 saturated heterocycles. The van der Waals surface area contributed by atoms with Crippen molar-refractivity contribution in [2.75, 3.05) is 6.61 Å². The average molecular weight is 356 g/mol. The molecule has 3 rings (SSSR count). The van der Waals surface area contributed by atoms with Crippen LogP contribution in [0.4, 0.5) is 4.39 Å². The molecule has 0 radical (unpaired) electrons. The fourth-order valence-electron chi connectivity index (χ4n) is 2.29. The predicted molar refractivity (Wildman–Crippen MR) is 94.7 cm³/mol. The Labute approximate surface area is 149 Å². The lowest BCUT2D eigenvalue weighted by Gasteiger charge is -2.22. The summed E-state index contributed by atoms with van der Waals surface area (Å²) in [7, 11) is 0. The normalized spacial score (nSPS) is 10.4. The molecule has 0 N–H and O–H groups in total. The number of hydrogen-bond acceptors (Lipinski definition) is 4. The van der Waals surface area contributed by atoms with Gasteiger partial charge in [0.15, 0.2) is 6.61 Å². The number of ether oxygens (including phenoxy) is 1. The summed E-state index contributed by atoms with van der Waals surface area (Å²) in [5.41, 5.74) is 1.88. The Hall–Kier alpha value is -2.73. The first-order valence-electron chi connectivity index (χ1n) is 7.78. The maximum absolute atomic E-state index is 12.9. The minimum absolute atomic E-state index is 0.109. The van der Waals surface area contributed by atoms with Gasteiger partial charge in [-0.15, -0.1) is 0 Å². The maximum atomic E-state index is 12.9. The molecule has 0 fully saturated rings.